The number of para-hydroxylation sites is 1. The number of halogens is 1. The molecule has 0 unspecified atom stereocenters. The number of rotatable bonds is 5. The third-order valence-corrected chi connectivity index (χ3v) is 3.81. The van der Waals surface area contributed by atoms with Crippen molar-refractivity contribution >= 4 is 17.5 Å². The van der Waals surface area contributed by atoms with Gasteiger partial charge >= 0.3 is 0 Å². The molecule has 0 spiro atoms. The van der Waals surface area contributed by atoms with E-state index in [1.807, 2.05) is 44.1 Å². The molecule has 2 rings (SSSR count). The normalized spacial score (nSPS) is 12.5. The second kappa shape index (κ2) is 6.89. The molecule has 22 heavy (non-hydrogen) atoms. The van der Waals surface area contributed by atoms with Crippen molar-refractivity contribution in [1.29, 1.82) is 0 Å². The summed E-state index contributed by atoms with van der Waals surface area (Å²) in [7, 11) is 3.93. The molecule has 1 atom stereocenters. The Morgan fingerprint density at radius 1 is 1.41 bits per heavy atom. The molecule has 1 amide bonds. The maximum Gasteiger partial charge on any atom is 0.291 e. The lowest BCUT2D eigenvalue weighted by molar-refractivity contribution is 0.0933. The number of benzene rings is 1. The minimum atomic E-state index is -0.289. The van der Waals surface area contributed by atoms with Crippen molar-refractivity contribution in [2.75, 3.05) is 20.6 Å². The maximum absolute atomic E-state index is 12.2. The van der Waals surface area contributed by atoms with Crippen LogP contribution in [0.1, 0.15) is 23.4 Å². The Bertz CT molecular complexity index is 668. The van der Waals surface area contributed by atoms with Crippen LogP contribution in [0.5, 0.6) is 0 Å². The van der Waals surface area contributed by atoms with Gasteiger partial charge in [0.2, 0.25) is 5.82 Å². The van der Waals surface area contributed by atoms with Gasteiger partial charge in [0.15, 0.2) is 0 Å². The van der Waals surface area contributed by atoms with E-state index in [4.69, 9.17) is 11.6 Å². The monoisotopic (exact) mass is 321 g/mol. The Kier molecular flexibility index (Phi) is 5.15. The summed E-state index contributed by atoms with van der Waals surface area (Å²) in [6, 6.07) is 7.54. The van der Waals surface area contributed by atoms with Gasteiger partial charge in [-0.05, 0) is 40.1 Å². The van der Waals surface area contributed by atoms with Crippen LogP contribution >= 0.6 is 11.6 Å². The molecule has 0 bridgehead atoms. The molecule has 0 saturated heterocycles. The first-order chi connectivity index (χ1) is 10.4. The topological polar surface area (TPSA) is 63.1 Å². The molecule has 0 radical (unpaired) electrons. The number of hydrogen-bond acceptors (Lipinski definition) is 4. The van der Waals surface area contributed by atoms with E-state index in [2.05, 4.69) is 15.4 Å². The molecule has 2 aromatic rings. The van der Waals surface area contributed by atoms with Gasteiger partial charge in [-0.2, -0.15) is 0 Å². The molecule has 6 nitrogen and oxygen atoms in total. The summed E-state index contributed by atoms with van der Waals surface area (Å²) in [6.07, 6.45) is 0. The van der Waals surface area contributed by atoms with Gasteiger partial charge in [0.25, 0.3) is 5.91 Å². The lowest BCUT2D eigenvalue weighted by Gasteiger charge is -2.19. The number of amides is 1. The molecule has 7 heteroatoms. The highest BCUT2D eigenvalue weighted by molar-refractivity contribution is 6.32. The molecule has 1 N–H and O–H groups in total. The third-order valence-electron chi connectivity index (χ3n) is 3.49. The van der Waals surface area contributed by atoms with E-state index in [1.54, 1.807) is 17.7 Å². The number of nitrogens with zero attached hydrogens (tertiary/aromatic N) is 4. The molecule has 0 aliphatic carbocycles. The Morgan fingerprint density at radius 3 is 2.73 bits per heavy atom. The minimum Gasteiger partial charge on any atom is -0.348 e. The van der Waals surface area contributed by atoms with Gasteiger partial charge in [0.05, 0.1) is 10.7 Å². The van der Waals surface area contributed by atoms with Crippen LogP contribution < -0.4 is 5.32 Å². The van der Waals surface area contributed by atoms with Crippen LogP contribution in [0, 0.1) is 6.92 Å². The van der Waals surface area contributed by atoms with Gasteiger partial charge in [0, 0.05) is 12.6 Å². The van der Waals surface area contributed by atoms with Gasteiger partial charge in [-0.25, -0.2) is 9.67 Å². The van der Waals surface area contributed by atoms with Crippen molar-refractivity contribution in [3.05, 3.63) is 40.9 Å². The van der Waals surface area contributed by atoms with Crippen molar-refractivity contribution in [1.82, 2.24) is 25.0 Å². The van der Waals surface area contributed by atoms with Gasteiger partial charge in [0.1, 0.15) is 5.82 Å². The molecule has 0 saturated carbocycles. The summed E-state index contributed by atoms with van der Waals surface area (Å²) in [6.45, 7) is 4.35. The zero-order valence-electron chi connectivity index (χ0n) is 13.2. The molecule has 0 aliphatic rings. The van der Waals surface area contributed by atoms with E-state index < -0.39 is 0 Å². The van der Waals surface area contributed by atoms with E-state index in [0.717, 1.165) is 0 Å². The molecule has 118 valence electrons. The highest BCUT2D eigenvalue weighted by atomic mass is 35.5. The zero-order valence-corrected chi connectivity index (χ0v) is 13.9. The zero-order chi connectivity index (χ0) is 16.3. The molecule has 1 heterocycles. The van der Waals surface area contributed by atoms with E-state index >= 15 is 0 Å². The fourth-order valence-electron chi connectivity index (χ4n) is 1.84. The van der Waals surface area contributed by atoms with Crippen LogP contribution in [-0.4, -0.2) is 52.3 Å². The lowest BCUT2D eigenvalue weighted by Crippen LogP contribution is -2.38. The number of carbonyl (C=O) groups is 1. The van der Waals surface area contributed by atoms with E-state index in [0.29, 0.717) is 23.1 Å². The molecular weight excluding hydrogens is 302 g/mol. The fourth-order valence-corrected chi connectivity index (χ4v) is 2.06. The average molecular weight is 322 g/mol. The first-order valence-electron chi connectivity index (χ1n) is 7.03. The molecule has 1 aromatic carbocycles. The molecule has 1 aromatic heterocycles. The second-order valence-corrected chi connectivity index (χ2v) is 5.78. The highest BCUT2D eigenvalue weighted by Crippen LogP contribution is 2.20. The summed E-state index contributed by atoms with van der Waals surface area (Å²) < 4.78 is 1.58. The number of carbonyl (C=O) groups excluding carboxylic acids is 1. The first-order valence-corrected chi connectivity index (χ1v) is 7.41. The molecular formula is C15H20ClN5O. The van der Waals surface area contributed by atoms with Crippen LogP contribution in [-0.2, 0) is 0 Å². The SMILES string of the molecule is Cc1nc(C(=O)NC[C@@H](C)N(C)C)nn1-c1ccccc1Cl. The lowest BCUT2D eigenvalue weighted by atomic mass is 10.3. The van der Waals surface area contributed by atoms with E-state index in [1.165, 1.54) is 0 Å². The minimum absolute atomic E-state index is 0.142. The van der Waals surface area contributed by atoms with Crippen LogP contribution in [0.2, 0.25) is 5.02 Å². The smallest absolute Gasteiger partial charge is 0.291 e. The summed E-state index contributed by atoms with van der Waals surface area (Å²) in [5.41, 5.74) is 0.704. The Balaban J connectivity index is 2.16. The summed E-state index contributed by atoms with van der Waals surface area (Å²) >= 11 is 6.16. The largest absolute Gasteiger partial charge is 0.348 e. The van der Waals surface area contributed by atoms with Crippen molar-refractivity contribution in [3.63, 3.8) is 0 Å². The highest BCUT2D eigenvalue weighted by Gasteiger charge is 2.17. The van der Waals surface area contributed by atoms with Crippen molar-refractivity contribution in [3.8, 4) is 5.69 Å². The van der Waals surface area contributed by atoms with Crippen LogP contribution in [0.3, 0.4) is 0 Å². The summed E-state index contributed by atoms with van der Waals surface area (Å²) in [4.78, 5) is 18.4. The van der Waals surface area contributed by atoms with Crippen LogP contribution in [0.15, 0.2) is 24.3 Å². The number of aryl methyl sites for hydroxylation is 1. The van der Waals surface area contributed by atoms with Crippen molar-refractivity contribution in [2.45, 2.75) is 19.9 Å². The van der Waals surface area contributed by atoms with Gasteiger partial charge in [-0.15, -0.1) is 5.10 Å². The Morgan fingerprint density at radius 2 is 2.09 bits per heavy atom. The number of nitrogens with one attached hydrogen (secondary N) is 1. The Labute approximate surface area is 135 Å². The van der Waals surface area contributed by atoms with Crippen molar-refractivity contribution in [2.24, 2.45) is 0 Å². The van der Waals surface area contributed by atoms with E-state index in [-0.39, 0.29) is 17.8 Å². The first kappa shape index (κ1) is 16.5. The predicted molar refractivity (Wildman–Crippen MR) is 86.6 cm³/mol. The van der Waals surface area contributed by atoms with Gasteiger partial charge in [-0.1, -0.05) is 23.7 Å². The maximum atomic E-state index is 12.2. The second-order valence-electron chi connectivity index (χ2n) is 5.37. The number of likely N-dealkylation sites (N-methyl/N-ethyl adjacent to an activating group) is 1. The average Bonchev–Trinajstić information content (AvgIpc) is 2.86. The standard InChI is InChI=1S/C15H20ClN5O/c1-10(20(3)4)9-17-15(22)14-18-11(2)21(19-14)13-8-6-5-7-12(13)16/h5-8,10H,9H2,1-4H3,(H,17,22)/t10-/m1/s1. The third kappa shape index (κ3) is 3.64. The summed E-state index contributed by atoms with van der Waals surface area (Å²) in [5.74, 6) is 0.463. The molecule has 0 fully saturated rings. The van der Waals surface area contributed by atoms with Gasteiger partial charge < -0.3 is 10.2 Å². The number of aromatic nitrogens is 3. The van der Waals surface area contributed by atoms with Crippen molar-refractivity contribution < 1.29 is 4.79 Å². The predicted octanol–water partition coefficient (Wildman–Crippen LogP) is 1.91. The quantitative estimate of drug-likeness (QED) is 0.913. The van der Waals surface area contributed by atoms with E-state index in [9.17, 15) is 4.79 Å². The number of hydrogen-bond donors (Lipinski definition) is 1. The Hall–Kier alpha value is -1.92. The van der Waals surface area contributed by atoms with Crippen LogP contribution in [0.25, 0.3) is 5.69 Å². The van der Waals surface area contributed by atoms with Crippen LogP contribution in [0.4, 0.5) is 0 Å². The molecule has 0 aliphatic heterocycles. The fraction of sp³-hybridized carbons (Fsp3) is 0.400. The van der Waals surface area contributed by atoms with Gasteiger partial charge in [-0.3, -0.25) is 4.79 Å². The summed E-state index contributed by atoms with van der Waals surface area (Å²) in [5, 5.41) is 7.65.